The van der Waals surface area contributed by atoms with Crippen LogP contribution >= 0.6 is 22.6 Å². The van der Waals surface area contributed by atoms with Gasteiger partial charge in [0.1, 0.15) is 0 Å². The van der Waals surface area contributed by atoms with Crippen molar-refractivity contribution in [1.82, 2.24) is 5.32 Å². The predicted octanol–water partition coefficient (Wildman–Crippen LogP) is 2.71. The molecule has 0 radical (unpaired) electrons. The molecule has 0 bridgehead atoms. The van der Waals surface area contributed by atoms with E-state index in [1.807, 2.05) is 0 Å². The highest BCUT2D eigenvalue weighted by Gasteiger charge is 1.99. The second-order valence-electron chi connectivity index (χ2n) is 2.83. The summed E-state index contributed by atoms with van der Waals surface area (Å²) in [5.41, 5.74) is 2.77. The summed E-state index contributed by atoms with van der Waals surface area (Å²) in [7, 11) is 0. The normalized spacial score (nSPS) is 10.2. The molecule has 1 rings (SSSR count). The van der Waals surface area contributed by atoms with Gasteiger partial charge in [-0.15, -0.1) is 0 Å². The minimum atomic E-state index is 0.983. The second-order valence-corrected chi connectivity index (χ2v) is 3.91. The predicted molar refractivity (Wildman–Crippen MR) is 61.3 cm³/mol. The summed E-state index contributed by atoms with van der Waals surface area (Å²) in [5.74, 6) is 0. The van der Waals surface area contributed by atoms with Crippen molar-refractivity contribution in [2.24, 2.45) is 0 Å². The number of halogens is 1. The lowest BCUT2D eigenvalue weighted by Gasteiger charge is -2.06. The Morgan fingerprint density at radius 2 is 2.17 bits per heavy atom. The van der Waals surface area contributed by atoms with Crippen molar-refractivity contribution in [2.75, 3.05) is 6.54 Å². The quantitative estimate of drug-likeness (QED) is 0.836. The average Bonchev–Trinajstić information content (AvgIpc) is 2.08. The fourth-order valence-corrected chi connectivity index (χ4v) is 1.65. The molecule has 1 N–H and O–H groups in total. The third-order valence-corrected chi connectivity index (χ3v) is 3.38. The minimum absolute atomic E-state index is 0.983. The Morgan fingerprint density at radius 3 is 2.83 bits per heavy atom. The number of hydrogen-bond acceptors (Lipinski definition) is 1. The molecule has 0 atom stereocenters. The molecular weight excluding hydrogens is 261 g/mol. The molecule has 0 spiro atoms. The van der Waals surface area contributed by atoms with Crippen molar-refractivity contribution in [3.05, 3.63) is 32.9 Å². The molecule has 1 aromatic rings. The molecular formula is C10H14IN. The van der Waals surface area contributed by atoms with Gasteiger partial charge in [0.2, 0.25) is 0 Å². The standard InChI is InChI=1S/C10H14IN/c1-3-12-7-9-6-4-5-8(2)10(9)11/h4-6,12H,3,7H2,1-2H3. The molecule has 0 aliphatic carbocycles. The zero-order valence-corrected chi connectivity index (χ0v) is 9.68. The van der Waals surface area contributed by atoms with E-state index >= 15 is 0 Å². The van der Waals surface area contributed by atoms with Crippen LogP contribution in [0.25, 0.3) is 0 Å². The first-order valence-corrected chi connectivity index (χ1v) is 5.28. The summed E-state index contributed by atoms with van der Waals surface area (Å²) in [4.78, 5) is 0. The lowest BCUT2D eigenvalue weighted by atomic mass is 10.1. The Morgan fingerprint density at radius 1 is 1.42 bits per heavy atom. The lowest BCUT2D eigenvalue weighted by Crippen LogP contribution is -2.12. The third-order valence-electron chi connectivity index (χ3n) is 1.84. The van der Waals surface area contributed by atoms with E-state index in [1.165, 1.54) is 14.7 Å². The van der Waals surface area contributed by atoms with E-state index in [9.17, 15) is 0 Å². The molecule has 1 aromatic carbocycles. The molecule has 0 aliphatic heterocycles. The maximum absolute atomic E-state index is 3.33. The molecule has 0 saturated carbocycles. The monoisotopic (exact) mass is 275 g/mol. The Hall–Kier alpha value is -0.0900. The van der Waals surface area contributed by atoms with E-state index in [4.69, 9.17) is 0 Å². The van der Waals surface area contributed by atoms with Crippen LogP contribution in [-0.2, 0) is 6.54 Å². The van der Waals surface area contributed by atoms with Crippen LogP contribution in [0.3, 0.4) is 0 Å². The third kappa shape index (κ3) is 2.45. The van der Waals surface area contributed by atoms with Crippen LogP contribution < -0.4 is 5.32 Å². The van der Waals surface area contributed by atoms with Crippen LogP contribution in [0.15, 0.2) is 18.2 Å². The first-order chi connectivity index (χ1) is 5.75. The smallest absolute Gasteiger partial charge is 0.0215 e. The lowest BCUT2D eigenvalue weighted by molar-refractivity contribution is 0.724. The van der Waals surface area contributed by atoms with Gasteiger partial charge in [0.25, 0.3) is 0 Å². The van der Waals surface area contributed by atoms with E-state index in [0.29, 0.717) is 0 Å². The van der Waals surface area contributed by atoms with E-state index in [1.54, 1.807) is 0 Å². The topological polar surface area (TPSA) is 12.0 Å². The van der Waals surface area contributed by atoms with Crippen LogP contribution in [0.1, 0.15) is 18.1 Å². The summed E-state index contributed by atoms with van der Waals surface area (Å²) in [6.07, 6.45) is 0. The molecule has 0 fully saturated rings. The van der Waals surface area contributed by atoms with Crippen molar-refractivity contribution in [2.45, 2.75) is 20.4 Å². The summed E-state index contributed by atoms with van der Waals surface area (Å²) in [6.45, 7) is 6.29. The van der Waals surface area contributed by atoms with Crippen LogP contribution in [0.5, 0.6) is 0 Å². The van der Waals surface area contributed by atoms with Crippen molar-refractivity contribution >= 4 is 22.6 Å². The zero-order valence-electron chi connectivity index (χ0n) is 7.52. The van der Waals surface area contributed by atoms with Crippen LogP contribution in [0.2, 0.25) is 0 Å². The molecule has 0 heterocycles. The highest BCUT2D eigenvalue weighted by atomic mass is 127. The van der Waals surface area contributed by atoms with Gasteiger partial charge in [-0.25, -0.2) is 0 Å². The van der Waals surface area contributed by atoms with Gasteiger partial charge >= 0.3 is 0 Å². The van der Waals surface area contributed by atoms with Crippen molar-refractivity contribution < 1.29 is 0 Å². The van der Waals surface area contributed by atoms with E-state index in [0.717, 1.165) is 13.1 Å². The highest BCUT2D eigenvalue weighted by Crippen LogP contribution is 2.15. The van der Waals surface area contributed by atoms with E-state index in [2.05, 4.69) is 60.0 Å². The Labute approximate surface area is 87.7 Å². The van der Waals surface area contributed by atoms with Gasteiger partial charge in [0, 0.05) is 10.1 Å². The first-order valence-electron chi connectivity index (χ1n) is 4.20. The zero-order chi connectivity index (χ0) is 8.97. The van der Waals surface area contributed by atoms with Crippen molar-refractivity contribution in [3.63, 3.8) is 0 Å². The van der Waals surface area contributed by atoms with Gasteiger partial charge in [0.15, 0.2) is 0 Å². The molecule has 12 heavy (non-hydrogen) atoms. The largest absolute Gasteiger partial charge is 0.313 e. The number of benzene rings is 1. The van der Waals surface area contributed by atoms with Gasteiger partial charge in [0.05, 0.1) is 0 Å². The molecule has 2 heteroatoms. The molecule has 0 amide bonds. The number of hydrogen-bond donors (Lipinski definition) is 1. The number of rotatable bonds is 3. The Kier molecular flexibility index (Phi) is 4.01. The Balaban J connectivity index is 2.78. The first kappa shape index (κ1) is 9.99. The molecule has 0 saturated heterocycles. The fraction of sp³-hybridized carbons (Fsp3) is 0.400. The number of nitrogens with one attached hydrogen (secondary N) is 1. The summed E-state index contributed by atoms with van der Waals surface area (Å²) >= 11 is 2.40. The second kappa shape index (κ2) is 4.82. The van der Waals surface area contributed by atoms with Gasteiger partial charge < -0.3 is 5.32 Å². The number of aryl methyl sites for hydroxylation is 1. The molecule has 0 aromatic heterocycles. The molecule has 66 valence electrons. The SMILES string of the molecule is CCNCc1cccc(C)c1I. The van der Waals surface area contributed by atoms with E-state index in [-0.39, 0.29) is 0 Å². The minimum Gasteiger partial charge on any atom is -0.313 e. The highest BCUT2D eigenvalue weighted by molar-refractivity contribution is 14.1. The van der Waals surface area contributed by atoms with E-state index < -0.39 is 0 Å². The van der Waals surface area contributed by atoms with Gasteiger partial charge in [-0.2, -0.15) is 0 Å². The summed E-state index contributed by atoms with van der Waals surface area (Å²) in [6, 6.07) is 6.44. The van der Waals surface area contributed by atoms with Gasteiger partial charge in [-0.05, 0) is 47.2 Å². The molecule has 0 aliphatic rings. The summed E-state index contributed by atoms with van der Waals surface area (Å²) < 4.78 is 1.39. The molecule has 0 unspecified atom stereocenters. The van der Waals surface area contributed by atoms with Crippen molar-refractivity contribution in [3.8, 4) is 0 Å². The van der Waals surface area contributed by atoms with Crippen molar-refractivity contribution in [1.29, 1.82) is 0 Å². The summed E-state index contributed by atoms with van der Waals surface area (Å²) in [5, 5.41) is 3.33. The average molecular weight is 275 g/mol. The maximum atomic E-state index is 3.33. The maximum Gasteiger partial charge on any atom is 0.0215 e. The fourth-order valence-electron chi connectivity index (χ4n) is 1.10. The van der Waals surface area contributed by atoms with Gasteiger partial charge in [-0.3, -0.25) is 0 Å². The molecule has 1 nitrogen and oxygen atoms in total. The van der Waals surface area contributed by atoms with Crippen LogP contribution in [0, 0.1) is 10.5 Å². The van der Waals surface area contributed by atoms with Crippen LogP contribution in [-0.4, -0.2) is 6.54 Å². The van der Waals surface area contributed by atoms with Crippen LogP contribution in [0.4, 0.5) is 0 Å². The van der Waals surface area contributed by atoms with Gasteiger partial charge in [-0.1, -0.05) is 25.1 Å². The Bertz CT molecular complexity index is 258.